The number of ether oxygens (including phenoxy) is 2. The van der Waals surface area contributed by atoms with E-state index in [9.17, 15) is 0 Å². The maximum absolute atomic E-state index is 5.42. The summed E-state index contributed by atoms with van der Waals surface area (Å²) in [5.74, 6) is 1.49. The summed E-state index contributed by atoms with van der Waals surface area (Å²) in [5, 5.41) is 0. The first-order valence-electron chi connectivity index (χ1n) is 5.01. The Hall–Kier alpha value is -2.10. The summed E-state index contributed by atoms with van der Waals surface area (Å²) in [6.45, 7) is 0.973. The van der Waals surface area contributed by atoms with Crippen LogP contribution in [0.4, 0.5) is 0 Å². The summed E-state index contributed by atoms with van der Waals surface area (Å²) in [4.78, 5) is 7.89. The summed E-state index contributed by atoms with van der Waals surface area (Å²) >= 11 is 0. The average molecular weight is 216 g/mol. The molecule has 0 saturated heterocycles. The molecule has 0 radical (unpaired) electrons. The molecule has 2 heterocycles. The van der Waals surface area contributed by atoms with Gasteiger partial charge in [0, 0.05) is 12.4 Å². The molecule has 0 aliphatic rings. The van der Waals surface area contributed by atoms with E-state index in [1.807, 2.05) is 24.3 Å². The SMILES string of the molecule is c1cncc(OCCOc2cccnc2)c1. The molecule has 4 heteroatoms. The third-order valence-electron chi connectivity index (χ3n) is 1.89. The second-order valence-electron chi connectivity index (χ2n) is 3.07. The number of rotatable bonds is 5. The molecule has 0 N–H and O–H groups in total. The van der Waals surface area contributed by atoms with Crippen molar-refractivity contribution in [1.82, 2.24) is 9.97 Å². The van der Waals surface area contributed by atoms with Gasteiger partial charge in [-0.3, -0.25) is 9.97 Å². The van der Waals surface area contributed by atoms with Crippen LogP contribution >= 0.6 is 0 Å². The Labute approximate surface area is 93.9 Å². The minimum Gasteiger partial charge on any atom is -0.488 e. The van der Waals surface area contributed by atoms with E-state index in [4.69, 9.17) is 9.47 Å². The highest BCUT2D eigenvalue weighted by Crippen LogP contribution is 2.07. The van der Waals surface area contributed by atoms with Crippen LogP contribution in [0, 0.1) is 0 Å². The maximum atomic E-state index is 5.42. The van der Waals surface area contributed by atoms with Crippen LogP contribution in [0.15, 0.2) is 49.1 Å². The first-order valence-corrected chi connectivity index (χ1v) is 5.01. The molecule has 82 valence electrons. The molecular formula is C12H12N2O2. The summed E-state index contributed by atoms with van der Waals surface area (Å²) in [7, 11) is 0. The molecule has 0 aliphatic heterocycles. The second kappa shape index (κ2) is 5.70. The van der Waals surface area contributed by atoms with E-state index >= 15 is 0 Å². The molecule has 0 spiro atoms. The number of hydrogen-bond donors (Lipinski definition) is 0. The van der Waals surface area contributed by atoms with E-state index in [0.29, 0.717) is 13.2 Å². The normalized spacial score (nSPS) is 9.75. The number of nitrogens with zero attached hydrogens (tertiary/aromatic N) is 2. The maximum Gasteiger partial charge on any atom is 0.137 e. The third kappa shape index (κ3) is 3.24. The van der Waals surface area contributed by atoms with Crippen molar-refractivity contribution >= 4 is 0 Å². The average Bonchev–Trinajstić information content (AvgIpc) is 2.37. The Bertz CT molecular complexity index is 364. The number of aromatic nitrogens is 2. The fourth-order valence-corrected chi connectivity index (χ4v) is 1.18. The van der Waals surface area contributed by atoms with Gasteiger partial charge in [-0.05, 0) is 24.3 Å². The molecule has 0 aliphatic carbocycles. The summed E-state index contributed by atoms with van der Waals surface area (Å²) < 4.78 is 10.8. The largest absolute Gasteiger partial charge is 0.488 e. The zero-order valence-corrected chi connectivity index (χ0v) is 8.74. The zero-order chi connectivity index (χ0) is 11.1. The Morgan fingerprint density at radius 2 is 1.31 bits per heavy atom. The van der Waals surface area contributed by atoms with Crippen LogP contribution in [0.25, 0.3) is 0 Å². The number of hydrogen-bond acceptors (Lipinski definition) is 4. The Morgan fingerprint density at radius 1 is 0.812 bits per heavy atom. The van der Waals surface area contributed by atoms with E-state index in [0.717, 1.165) is 11.5 Å². The molecule has 4 nitrogen and oxygen atoms in total. The first kappa shape index (κ1) is 10.4. The van der Waals surface area contributed by atoms with Crippen LogP contribution in [0.2, 0.25) is 0 Å². The molecule has 2 aromatic rings. The van der Waals surface area contributed by atoms with E-state index in [2.05, 4.69) is 9.97 Å². The van der Waals surface area contributed by atoms with Crippen LogP contribution in [0.3, 0.4) is 0 Å². The highest BCUT2D eigenvalue weighted by Gasteiger charge is 1.94. The Morgan fingerprint density at radius 3 is 1.69 bits per heavy atom. The lowest BCUT2D eigenvalue weighted by Crippen LogP contribution is -2.09. The molecule has 0 fully saturated rings. The Kier molecular flexibility index (Phi) is 3.71. The fourth-order valence-electron chi connectivity index (χ4n) is 1.18. The van der Waals surface area contributed by atoms with Crippen molar-refractivity contribution in [3.8, 4) is 11.5 Å². The third-order valence-corrected chi connectivity index (χ3v) is 1.89. The molecule has 2 rings (SSSR count). The van der Waals surface area contributed by atoms with Gasteiger partial charge in [-0.15, -0.1) is 0 Å². The lowest BCUT2D eigenvalue weighted by atomic mass is 10.4. The quantitative estimate of drug-likeness (QED) is 0.716. The van der Waals surface area contributed by atoms with E-state index in [1.54, 1.807) is 24.8 Å². The standard InChI is InChI=1S/C12H12N2O2/c1-3-11(9-13-5-1)15-7-8-16-12-4-2-6-14-10-12/h1-6,9-10H,7-8H2. The molecule has 0 amide bonds. The van der Waals surface area contributed by atoms with Crippen molar-refractivity contribution in [3.05, 3.63) is 49.1 Å². The highest BCUT2D eigenvalue weighted by atomic mass is 16.5. The van der Waals surface area contributed by atoms with E-state index < -0.39 is 0 Å². The Balaban J connectivity index is 1.70. The predicted molar refractivity (Wildman–Crippen MR) is 59.5 cm³/mol. The topological polar surface area (TPSA) is 44.2 Å². The molecule has 0 aromatic carbocycles. The lowest BCUT2D eigenvalue weighted by molar-refractivity contribution is 0.216. The van der Waals surface area contributed by atoms with Crippen molar-refractivity contribution in [2.45, 2.75) is 0 Å². The van der Waals surface area contributed by atoms with Crippen LogP contribution in [-0.2, 0) is 0 Å². The highest BCUT2D eigenvalue weighted by molar-refractivity contribution is 5.16. The molecule has 0 unspecified atom stereocenters. The van der Waals surface area contributed by atoms with Gasteiger partial charge in [0.2, 0.25) is 0 Å². The monoisotopic (exact) mass is 216 g/mol. The van der Waals surface area contributed by atoms with Gasteiger partial charge in [0.1, 0.15) is 24.7 Å². The van der Waals surface area contributed by atoms with Crippen LogP contribution in [0.1, 0.15) is 0 Å². The smallest absolute Gasteiger partial charge is 0.137 e. The van der Waals surface area contributed by atoms with Gasteiger partial charge in [-0.2, -0.15) is 0 Å². The fraction of sp³-hybridized carbons (Fsp3) is 0.167. The first-order chi connectivity index (χ1) is 7.95. The van der Waals surface area contributed by atoms with Gasteiger partial charge in [-0.25, -0.2) is 0 Å². The second-order valence-corrected chi connectivity index (χ2v) is 3.07. The lowest BCUT2D eigenvalue weighted by Gasteiger charge is -2.07. The van der Waals surface area contributed by atoms with Gasteiger partial charge in [0.15, 0.2) is 0 Å². The van der Waals surface area contributed by atoms with Gasteiger partial charge in [0.05, 0.1) is 12.4 Å². The minimum atomic E-state index is 0.487. The number of pyridine rings is 2. The molecule has 0 atom stereocenters. The van der Waals surface area contributed by atoms with Gasteiger partial charge >= 0.3 is 0 Å². The van der Waals surface area contributed by atoms with Gasteiger partial charge in [-0.1, -0.05) is 0 Å². The van der Waals surface area contributed by atoms with E-state index in [-0.39, 0.29) is 0 Å². The molecule has 16 heavy (non-hydrogen) atoms. The molecule has 0 saturated carbocycles. The van der Waals surface area contributed by atoms with Crippen molar-refractivity contribution < 1.29 is 9.47 Å². The van der Waals surface area contributed by atoms with Gasteiger partial charge < -0.3 is 9.47 Å². The van der Waals surface area contributed by atoms with Crippen molar-refractivity contribution in [2.24, 2.45) is 0 Å². The van der Waals surface area contributed by atoms with Crippen LogP contribution in [-0.4, -0.2) is 23.2 Å². The summed E-state index contributed by atoms with van der Waals surface area (Å²) in [6, 6.07) is 7.38. The molecule has 2 aromatic heterocycles. The van der Waals surface area contributed by atoms with E-state index in [1.165, 1.54) is 0 Å². The van der Waals surface area contributed by atoms with Crippen LogP contribution < -0.4 is 9.47 Å². The predicted octanol–water partition coefficient (Wildman–Crippen LogP) is 1.93. The van der Waals surface area contributed by atoms with Crippen molar-refractivity contribution in [2.75, 3.05) is 13.2 Å². The summed E-state index contributed by atoms with van der Waals surface area (Å²) in [5.41, 5.74) is 0. The summed E-state index contributed by atoms with van der Waals surface area (Å²) in [6.07, 6.45) is 6.76. The van der Waals surface area contributed by atoms with Crippen LogP contribution in [0.5, 0.6) is 11.5 Å². The minimum absolute atomic E-state index is 0.487. The molecular weight excluding hydrogens is 204 g/mol. The zero-order valence-electron chi connectivity index (χ0n) is 8.74. The molecule has 0 bridgehead atoms. The van der Waals surface area contributed by atoms with Gasteiger partial charge in [0.25, 0.3) is 0 Å². The van der Waals surface area contributed by atoms with Crippen molar-refractivity contribution in [1.29, 1.82) is 0 Å². The van der Waals surface area contributed by atoms with Crippen molar-refractivity contribution in [3.63, 3.8) is 0 Å².